The van der Waals surface area contributed by atoms with Crippen molar-refractivity contribution in [1.29, 1.82) is 5.26 Å². The molecule has 2 aromatic heterocycles. The second-order valence-electron chi connectivity index (χ2n) is 15.9. The number of nitrogens with one attached hydrogen (secondary N) is 2. The molecule has 4 aromatic rings. The van der Waals surface area contributed by atoms with Gasteiger partial charge < -0.3 is 20.3 Å². The standard InChI is InChI=1S/C20H24N4O4S.C13H13NO.C6H10N4O3S/c25-15-10-14(11-15)24-8-7-18(22-24)29(27,28)23-20(26)21-19-16-5-1-3-12(16)9-13-4-2-6-17(13)19;14-8-15-13-11-5-1-3-9(11)7-10-4-2-6-12(10)13;7-14(12,13)6-3-8-10(9-6)4-1-5(11)2-4/h7-9,14-15,25H,1-6,10-11H2,(H2,21,23,26);7H,1-6H2;3-5,11H,1-2H2,(H2,7,12,13). The quantitative estimate of drug-likeness (QED) is 0.168. The molecule has 0 aliphatic heterocycles. The van der Waals surface area contributed by atoms with Gasteiger partial charge in [-0.25, -0.2) is 23.1 Å². The molecule has 2 heterocycles. The van der Waals surface area contributed by atoms with Crippen LogP contribution in [0.1, 0.15) is 108 Å². The maximum Gasteiger partial charge on any atom is 0.333 e. The van der Waals surface area contributed by atoms with Crippen molar-refractivity contribution in [3.05, 3.63) is 75.1 Å². The number of aliphatic hydroxyl groups is 2. The number of fused-ring (bicyclic) bond motifs is 4. The minimum Gasteiger partial charge on any atom is -0.393 e. The predicted octanol–water partition coefficient (Wildman–Crippen LogP) is 3.21. The van der Waals surface area contributed by atoms with Crippen LogP contribution >= 0.6 is 0 Å². The number of aliphatic hydroxyl groups excluding tert-OH is 2. The molecule has 6 aliphatic rings. The minimum atomic E-state index is -4.07. The molecule has 2 aromatic carbocycles. The van der Waals surface area contributed by atoms with Crippen LogP contribution in [0.3, 0.4) is 0 Å². The zero-order valence-corrected chi connectivity index (χ0v) is 33.6. The normalized spacial score (nSPS) is 22.3. The van der Waals surface area contributed by atoms with Crippen LogP contribution in [-0.2, 0) is 71.4 Å². The average molecular weight is 834 g/mol. The van der Waals surface area contributed by atoms with Crippen molar-refractivity contribution in [2.45, 2.75) is 137 Å². The molecule has 308 valence electrons. The van der Waals surface area contributed by atoms with E-state index in [1.54, 1.807) is 6.20 Å². The van der Waals surface area contributed by atoms with Crippen molar-refractivity contribution in [1.82, 2.24) is 29.5 Å². The third-order valence-corrected chi connectivity index (χ3v) is 14.0. The van der Waals surface area contributed by atoms with E-state index in [2.05, 4.69) is 37.5 Å². The number of amides is 2. The first kappa shape index (κ1) is 39.9. The van der Waals surface area contributed by atoms with E-state index in [0.717, 1.165) is 93.0 Å². The molecule has 6 N–H and O–H groups in total. The van der Waals surface area contributed by atoms with Gasteiger partial charge in [0.25, 0.3) is 26.3 Å². The van der Waals surface area contributed by atoms with E-state index in [0.29, 0.717) is 25.7 Å². The van der Waals surface area contributed by atoms with Crippen LogP contribution in [0.2, 0.25) is 0 Å². The first-order valence-electron chi connectivity index (χ1n) is 19.9. The van der Waals surface area contributed by atoms with E-state index in [1.807, 2.05) is 6.26 Å². The molecule has 0 bridgehead atoms. The van der Waals surface area contributed by atoms with Gasteiger partial charge in [-0.3, -0.25) is 4.68 Å². The van der Waals surface area contributed by atoms with Gasteiger partial charge in [-0.15, -0.1) is 10.4 Å². The molecule has 17 nitrogen and oxygen atoms in total. The van der Waals surface area contributed by atoms with Crippen LogP contribution in [-0.4, -0.2) is 70.1 Å². The van der Waals surface area contributed by atoms with Crippen LogP contribution in [0.5, 0.6) is 5.75 Å². The van der Waals surface area contributed by atoms with Gasteiger partial charge in [-0.05, 0) is 153 Å². The van der Waals surface area contributed by atoms with E-state index in [1.165, 1.54) is 61.8 Å². The fourth-order valence-corrected chi connectivity index (χ4v) is 10.2. The second-order valence-corrected chi connectivity index (χ2v) is 19.1. The van der Waals surface area contributed by atoms with Crippen LogP contribution < -0.4 is 19.9 Å². The maximum absolute atomic E-state index is 12.6. The number of benzene rings is 2. The lowest BCUT2D eigenvalue weighted by Gasteiger charge is -2.31. The zero-order chi connectivity index (χ0) is 40.8. The summed E-state index contributed by atoms with van der Waals surface area (Å²) in [6, 6.07) is 5.20. The number of primary sulfonamides is 1. The number of carbonyl (C=O) groups is 1. The molecule has 58 heavy (non-hydrogen) atoms. The van der Waals surface area contributed by atoms with Gasteiger partial charge in [0.2, 0.25) is 5.03 Å². The van der Waals surface area contributed by atoms with Gasteiger partial charge in [-0.2, -0.15) is 23.4 Å². The van der Waals surface area contributed by atoms with E-state index in [9.17, 15) is 26.7 Å². The highest BCUT2D eigenvalue weighted by Gasteiger charge is 2.33. The Kier molecular flexibility index (Phi) is 11.1. The Morgan fingerprint density at radius 3 is 1.79 bits per heavy atom. The lowest BCUT2D eigenvalue weighted by Crippen LogP contribution is -2.35. The smallest absolute Gasteiger partial charge is 0.333 e. The molecule has 6 aliphatic carbocycles. The van der Waals surface area contributed by atoms with Gasteiger partial charge in [-0.1, -0.05) is 12.1 Å². The SMILES string of the molecule is N#COc1c2c(cc3c1CCC3)CCC2.NS(=O)(=O)c1cnn(C2CC(O)C2)n1.O=C(Nc1c2c(cc3c1CCC3)CCC2)NS(=O)(=O)c1ccn(C2CC(O)C2)n1. The molecule has 2 fully saturated rings. The summed E-state index contributed by atoms with van der Waals surface area (Å²) in [5.74, 6) is 0.903. The second kappa shape index (κ2) is 16.1. The Morgan fingerprint density at radius 1 is 0.776 bits per heavy atom. The van der Waals surface area contributed by atoms with Crippen molar-refractivity contribution in [3.63, 3.8) is 0 Å². The fraction of sp³-hybridized carbons (Fsp3) is 0.513. The fourth-order valence-electron chi connectivity index (χ4n) is 8.97. The number of hydrogen-bond acceptors (Lipinski definition) is 12. The van der Waals surface area contributed by atoms with Crippen molar-refractivity contribution < 1.29 is 36.6 Å². The van der Waals surface area contributed by atoms with Crippen molar-refractivity contribution >= 4 is 31.8 Å². The first-order valence-corrected chi connectivity index (χ1v) is 22.9. The van der Waals surface area contributed by atoms with E-state index in [4.69, 9.17) is 20.2 Å². The van der Waals surface area contributed by atoms with Crippen LogP contribution in [0.15, 0.2) is 40.6 Å². The van der Waals surface area contributed by atoms with E-state index in [-0.39, 0.29) is 34.3 Å². The van der Waals surface area contributed by atoms with Crippen LogP contribution in [0.4, 0.5) is 10.5 Å². The Labute approximate surface area is 336 Å². The lowest BCUT2D eigenvalue weighted by atomic mass is 9.90. The number of aromatic nitrogens is 5. The monoisotopic (exact) mass is 833 g/mol. The molecule has 0 unspecified atom stereocenters. The van der Waals surface area contributed by atoms with Gasteiger partial charge in [0, 0.05) is 11.9 Å². The number of anilines is 1. The zero-order valence-electron chi connectivity index (χ0n) is 31.9. The Morgan fingerprint density at radius 2 is 1.29 bits per heavy atom. The highest BCUT2D eigenvalue weighted by molar-refractivity contribution is 7.90. The lowest BCUT2D eigenvalue weighted by molar-refractivity contribution is 0.0368. The summed E-state index contributed by atoms with van der Waals surface area (Å²) in [7, 11) is -7.84. The summed E-state index contributed by atoms with van der Waals surface area (Å²) >= 11 is 0. The Balaban J connectivity index is 0.000000135. The van der Waals surface area contributed by atoms with E-state index < -0.39 is 26.1 Å². The average Bonchev–Trinajstić information content (AvgIpc) is 3.99. The number of carbonyl (C=O) groups excluding carboxylic acids is 1. The maximum atomic E-state index is 12.6. The third-order valence-electron chi connectivity index (χ3n) is 12.0. The molecule has 0 radical (unpaired) electrons. The highest BCUT2D eigenvalue weighted by Crippen LogP contribution is 2.41. The van der Waals surface area contributed by atoms with Gasteiger partial charge >= 0.3 is 6.03 Å². The van der Waals surface area contributed by atoms with Gasteiger partial charge in [0.15, 0.2) is 5.03 Å². The summed E-state index contributed by atoms with van der Waals surface area (Å²) in [6.45, 7) is 0. The molecule has 0 spiro atoms. The molecule has 2 amide bonds. The number of urea groups is 1. The van der Waals surface area contributed by atoms with Crippen molar-refractivity contribution in [2.75, 3.05) is 5.32 Å². The molecule has 0 atom stereocenters. The van der Waals surface area contributed by atoms with Crippen LogP contribution in [0.25, 0.3) is 0 Å². The molecule has 19 heteroatoms. The summed E-state index contributed by atoms with van der Waals surface area (Å²) in [5, 5.41) is 46.0. The van der Waals surface area contributed by atoms with Crippen molar-refractivity contribution in [3.8, 4) is 12.0 Å². The number of nitrogens with zero attached hydrogens (tertiary/aromatic N) is 6. The number of nitrogens with two attached hydrogens (primary N) is 1. The number of ether oxygens (including phenoxy) is 1. The van der Waals surface area contributed by atoms with Gasteiger partial charge in [0.05, 0.1) is 30.5 Å². The summed E-state index contributed by atoms with van der Waals surface area (Å²) < 4.78 is 55.8. The summed E-state index contributed by atoms with van der Waals surface area (Å²) in [4.78, 5) is 13.9. The molecule has 0 saturated heterocycles. The Hall–Kier alpha value is -4.87. The third kappa shape index (κ3) is 8.21. The number of aryl methyl sites for hydroxylation is 4. The van der Waals surface area contributed by atoms with Gasteiger partial charge in [0.1, 0.15) is 5.75 Å². The molecule has 2 saturated carbocycles. The van der Waals surface area contributed by atoms with Crippen molar-refractivity contribution in [2.24, 2.45) is 5.14 Å². The highest BCUT2D eigenvalue weighted by atomic mass is 32.2. The molecule has 10 rings (SSSR count). The molecular formula is C39H47N9O8S2. The Bertz CT molecular complexity index is 2430. The van der Waals surface area contributed by atoms with Crippen LogP contribution in [0, 0.1) is 11.5 Å². The minimum absolute atomic E-state index is 0.00253. The summed E-state index contributed by atoms with van der Waals surface area (Å²) in [6.07, 6.45) is 18.9. The number of nitriles is 1. The number of rotatable bonds is 7. The summed E-state index contributed by atoms with van der Waals surface area (Å²) in [5.41, 5.74) is 11.1. The largest absolute Gasteiger partial charge is 0.393 e. The van der Waals surface area contributed by atoms with E-state index >= 15 is 0 Å². The predicted molar refractivity (Wildman–Crippen MR) is 209 cm³/mol. The molecular weight excluding hydrogens is 787 g/mol. The number of sulfonamides is 2. The topological polar surface area (TPSA) is 257 Å². The first-order chi connectivity index (χ1) is 27.8. The number of hydrogen-bond donors (Lipinski definition) is 5.